The third-order valence-corrected chi connectivity index (χ3v) is 3.66. The standard InChI is InChI=1S/C16H25N3O2/c1-3-8-17-15-11-13(7-9-18-15)16(20)19(2)12-14-6-4-5-10-21-14/h7,9,11,14H,3-6,8,10,12H2,1-2H3,(H,17,18). The maximum atomic E-state index is 12.5. The second-order valence-corrected chi connectivity index (χ2v) is 5.53. The molecular formula is C16H25N3O2. The summed E-state index contributed by atoms with van der Waals surface area (Å²) in [5.41, 5.74) is 0.668. The van der Waals surface area contributed by atoms with Gasteiger partial charge in [-0.05, 0) is 37.8 Å². The zero-order valence-corrected chi connectivity index (χ0v) is 13.0. The molecule has 1 aliphatic rings. The molecule has 1 saturated heterocycles. The summed E-state index contributed by atoms with van der Waals surface area (Å²) in [7, 11) is 1.83. The van der Waals surface area contributed by atoms with Crippen LogP contribution in [0.3, 0.4) is 0 Å². The van der Waals surface area contributed by atoms with Gasteiger partial charge in [0.15, 0.2) is 0 Å². The highest BCUT2D eigenvalue weighted by atomic mass is 16.5. The molecule has 0 aliphatic carbocycles. The molecule has 1 N–H and O–H groups in total. The fourth-order valence-electron chi connectivity index (χ4n) is 2.47. The van der Waals surface area contributed by atoms with E-state index in [1.54, 1.807) is 17.2 Å². The van der Waals surface area contributed by atoms with Crippen LogP contribution in [-0.4, -0.2) is 48.6 Å². The van der Waals surface area contributed by atoms with Crippen LogP contribution < -0.4 is 5.32 Å². The normalized spacial score (nSPS) is 18.3. The Morgan fingerprint density at radius 1 is 1.52 bits per heavy atom. The maximum absolute atomic E-state index is 12.5. The number of nitrogens with one attached hydrogen (secondary N) is 1. The minimum Gasteiger partial charge on any atom is -0.376 e. The smallest absolute Gasteiger partial charge is 0.253 e. The molecular weight excluding hydrogens is 266 g/mol. The molecule has 1 aromatic rings. The SMILES string of the molecule is CCCNc1cc(C(=O)N(C)CC2CCCCO2)ccn1. The second kappa shape index (κ2) is 7.98. The molecule has 0 bridgehead atoms. The minimum atomic E-state index is 0.0196. The van der Waals surface area contributed by atoms with Gasteiger partial charge in [-0.2, -0.15) is 0 Å². The van der Waals surface area contributed by atoms with Crippen LogP contribution in [0.4, 0.5) is 5.82 Å². The van der Waals surface area contributed by atoms with E-state index >= 15 is 0 Å². The molecule has 5 heteroatoms. The lowest BCUT2D eigenvalue weighted by Gasteiger charge is -2.27. The highest BCUT2D eigenvalue weighted by Gasteiger charge is 2.19. The molecule has 1 unspecified atom stereocenters. The van der Waals surface area contributed by atoms with Crippen LogP contribution in [0.25, 0.3) is 0 Å². The molecule has 1 aromatic heterocycles. The number of hydrogen-bond acceptors (Lipinski definition) is 4. The van der Waals surface area contributed by atoms with E-state index in [1.807, 2.05) is 13.1 Å². The molecule has 1 amide bonds. The summed E-state index contributed by atoms with van der Waals surface area (Å²) < 4.78 is 5.69. The molecule has 116 valence electrons. The van der Waals surface area contributed by atoms with Crippen molar-refractivity contribution in [2.75, 3.05) is 32.1 Å². The van der Waals surface area contributed by atoms with Gasteiger partial charge >= 0.3 is 0 Å². The molecule has 1 atom stereocenters. The summed E-state index contributed by atoms with van der Waals surface area (Å²) in [6.07, 6.45) is 6.23. The number of ether oxygens (including phenoxy) is 1. The summed E-state index contributed by atoms with van der Waals surface area (Å²) in [4.78, 5) is 18.4. The third kappa shape index (κ3) is 4.70. The van der Waals surface area contributed by atoms with Crippen molar-refractivity contribution in [2.24, 2.45) is 0 Å². The lowest BCUT2D eigenvalue weighted by atomic mass is 10.1. The summed E-state index contributed by atoms with van der Waals surface area (Å²) >= 11 is 0. The van der Waals surface area contributed by atoms with Crippen LogP contribution in [0.1, 0.15) is 43.0 Å². The predicted molar refractivity (Wildman–Crippen MR) is 83.6 cm³/mol. The van der Waals surface area contributed by atoms with Gasteiger partial charge in [0.2, 0.25) is 0 Å². The fraction of sp³-hybridized carbons (Fsp3) is 0.625. The number of hydrogen-bond donors (Lipinski definition) is 1. The van der Waals surface area contributed by atoms with E-state index in [4.69, 9.17) is 4.74 Å². The quantitative estimate of drug-likeness (QED) is 0.875. The largest absolute Gasteiger partial charge is 0.376 e. The van der Waals surface area contributed by atoms with E-state index in [-0.39, 0.29) is 12.0 Å². The second-order valence-electron chi connectivity index (χ2n) is 5.53. The number of likely N-dealkylation sites (N-methyl/N-ethyl adjacent to an activating group) is 1. The number of pyridine rings is 1. The maximum Gasteiger partial charge on any atom is 0.253 e. The summed E-state index contributed by atoms with van der Waals surface area (Å²) in [6, 6.07) is 3.58. The lowest BCUT2D eigenvalue weighted by molar-refractivity contribution is -0.000187. The average molecular weight is 291 g/mol. The van der Waals surface area contributed by atoms with Crippen LogP contribution >= 0.6 is 0 Å². The Morgan fingerprint density at radius 3 is 3.10 bits per heavy atom. The number of amides is 1. The Balaban J connectivity index is 1.94. The minimum absolute atomic E-state index is 0.0196. The van der Waals surface area contributed by atoms with Gasteiger partial charge in [0, 0.05) is 38.5 Å². The van der Waals surface area contributed by atoms with E-state index in [1.165, 1.54) is 6.42 Å². The van der Waals surface area contributed by atoms with E-state index in [0.29, 0.717) is 12.1 Å². The molecule has 1 aliphatic heterocycles. The Morgan fingerprint density at radius 2 is 2.38 bits per heavy atom. The number of carbonyl (C=O) groups is 1. The van der Waals surface area contributed by atoms with Gasteiger partial charge in [0.25, 0.3) is 5.91 Å². The zero-order chi connectivity index (χ0) is 15.1. The first-order chi connectivity index (χ1) is 10.2. The van der Waals surface area contributed by atoms with Gasteiger partial charge in [-0.15, -0.1) is 0 Å². The van der Waals surface area contributed by atoms with E-state index in [0.717, 1.165) is 38.2 Å². The Kier molecular flexibility index (Phi) is 5.99. The zero-order valence-electron chi connectivity index (χ0n) is 13.0. The van der Waals surface area contributed by atoms with Crippen molar-refractivity contribution < 1.29 is 9.53 Å². The van der Waals surface area contributed by atoms with E-state index in [9.17, 15) is 4.79 Å². The Hall–Kier alpha value is -1.62. The van der Waals surface area contributed by atoms with Crippen molar-refractivity contribution >= 4 is 11.7 Å². The third-order valence-electron chi connectivity index (χ3n) is 3.66. The Bertz CT molecular complexity index is 459. The first-order valence-corrected chi connectivity index (χ1v) is 7.77. The number of carbonyl (C=O) groups excluding carboxylic acids is 1. The number of nitrogens with zero attached hydrogens (tertiary/aromatic N) is 2. The van der Waals surface area contributed by atoms with Gasteiger partial charge in [-0.3, -0.25) is 4.79 Å². The first-order valence-electron chi connectivity index (χ1n) is 7.77. The summed E-state index contributed by atoms with van der Waals surface area (Å²) in [6.45, 7) is 4.42. The molecule has 21 heavy (non-hydrogen) atoms. The van der Waals surface area contributed by atoms with Gasteiger partial charge in [-0.25, -0.2) is 4.98 Å². The molecule has 1 fully saturated rings. The summed E-state index contributed by atoms with van der Waals surface area (Å²) in [5, 5.41) is 3.20. The van der Waals surface area contributed by atoms with Crippen LogP contribution in [0.2, 0.25) is 0 Å². The van der Waals surface area contributed by atoms with Crippen molar-refractivity contribution in [1.29, 1.82) is 0 Å². The molecule has 2 rings (SSSR count). The van der Waals surface area contributed by atoms with Crippen LogP contribution in [0.15, 0.2) is 18.3 Å². The van der Waals surface area contributed by atoms with Crippen molar-refractivity contribution in [3.63, 3.8) is 0 Å². The highest BCUT2D eigenvalue weighted by Crippen LogP contribution is 2.15. The van der Waals surface area contributed by atoms with E-state index < -0.39 is 0 Å². The molecule has 2 heterocycles. The number of anilines is 1. The van der Waals surface area contributed by atoms with Crippen molar-refractivity contribution in [2.45, 2.75) is 38.7 Å². The fourth-order valence-corrected chi connectivity index (χ4v) is 2.47. The van der Waals surface area contributed by atoms with E-state index in [2.05, 4.69) is 17.2 Å². The topological polar surface area (TPSA) is 54.5 Å². The van der Waals surface area contributed by atoms with Gasteiger partial charge in [0.05, 0.1) is 6.10 Å². The highest BCUT2D eigenvalue weighted by molar-refractivity contribution is 5.94. The van der Waals surface area contributed by atoms with Crippen molar-refractivity contribution in [1.82, 2.24) is 9.88 Å². The Labute approximate surface area is 126 Å². The monoisotopic (exact) mass is 291 g/mol. The molecule has 5 nitrogen and oxygen atoms in total. The molecule has 0 aromatic carbocycles. The summed E-state index contributed by atoms with van der Waals surface area (Å²) in [5.74, 6) is 0.774. The molecule has 0 radical (unpaired) electrons. The average Bonchev–Trinajstić information content (AvgIpc) is 2.53. The van der Waals surface area contributed by atoms with Crippen LogP contribution in [0.5, 0.6) is 0 Å². The molecule has 0 saturated carbocycles. The lowest BCUT2D eigenvalue weighted by Crippen LogP contribution is -2.37. The van der Waals surface area contributed by atoms with Crippen molar-refractivity contribution in [3.05, 3.63) is 23.9 Å². The van der Waals surface area contributed by atoms with Crippen LogP contribution in [0, 0.1) is 0 Å². The number of rotatable bonds is 6. The van der Waals surface area contributed by atoms with Gasteiger partial charge < -0.3 is 15.0 Å². The molecule has 0 spiro atoms. The van der Waals surface area contributed by atoms with Crippen molar-refractivity contribution in [3.8, 4) is 0 Å². The predicted octanol–water partition coefficient (Wildman–Crippen LogP) is 2.54. The van der Waals surface area contributed by atoms with Gasteiger partial charge in [0.1, 0.15) is 5.82 Å². The van der Waals surface area contributed by atoms with Gasteiger partial charge in [-0.1, -0.05) is 6.92 Å². The van der Waals surface area contributed by atoms with Crippen LogP contribution in [-0.2, 0) is 4.74 Å². The number of aromatic nitrogens is 1. The first kappa shape index (κ1) is 15.8.